The van der Waals surface area contributed by atoms with Gasteiger partial charge in [-0.3, -0.25) is 9.69 Å². The minimum absolute atomic E-state index is 0.362. The van der Waals surface area contributed by atoms with E-state index in [2.05, 4.69) is 61.6 Å². The van der Waals surface area contributed by atoms with Gasteiger partial charge in [0.2, 0.25) is 0 Å². The summed E-state index contributed by atoms with van der Waals surface area (Å²) in [6.45, 7) is 4.23. The second-order valence-electron chi connectivity index (χ2n) is 14.6. The number of carbonyl (C=O) groups excluding carboxylic acids is 1. The SMILES string of the molecule is CO.NC(=O)c1ccc(N2CCC(CN3CCCCC3c3ccc(Cl)cc3)CC2)cc1Oc1cnc2[nH]ccc2c1.[NH3+]c1cc(S)ccc1NC1CCSCC1. The predicted octanol–water partition coefficient (Wildman–Crippen LogP) is 8.32. The fourth-order valence-electron chi connectivity index (χ4n) is 7.86. The third kappa shape index (κ3) is 11.1. The summed E-state index contributed by atoms with van der Waals surface area (Å²) in [5.74, 6) is 3.72. The second kappa shape index (κ2) is 20.5. The van der Waals surface area contributed by atoms with Gasteiger partial charge in [-0.1, -0.05) is 30.2 Å². The molecule has 10 nitrogen and oxygen atoms in total. The van der Waals surface area contributed by atoms with Crippen LogP contribution in [-0.4, -0.2) is 76.7 Å². The molecule has 0 saturated carbocycles. The van der Waals surface area contributed by atoms with Crippen LogP contribution in [0.25, 0.3) is 11.0 Å². The fourth-order valence-corrected chi connectivity index (χ4v) is 9.32. The number of anilines is 2. The topological polar surface area (TPSA) is 147 Å². The number of pyridine rings is 1. The molecule has 3 saturated heterocycles. The molecule has 8 N–H and O–H groups in total. The zero-order valence-corrected chi connectivity index (χ0v) is 34.6. The number of piperidine rings is 2. The van der Waals surface area contributed by atoms with Crippen LogP contribution in [0.3, 0.4) is 0 Å². The fraction of sp³-hybridized carbons (Fsp3) is 0.395. The number of H-pyrrole nitrogens is 1. The second-order valence-corrected chi connectivity index (χ2v) is 16.8. The van der Waals surface area contributed by atoms with Crippen LogP contribution in [0.2, 0.25) is 5.02 Å². The summed E-state index contributed by atoms with van der Waals surface area (Å²) in [5.41, 5.74) is 15.5. The number of aliphatic hydroxyl groups excluding tert-OH is 1. The van der Waals surface area contributed by atoms with Crippen LogP contribution in [0, 0.1) is 5.92 Å². The van der Waals surface area contributed by atoms with Crippen LogP contribution in [0.1, 0.15) is 66.9 Å². The predicted molar refractivity (Wildman–Crippen MR) is 234 cm³/mol. The molecule has 3 aromatic carbocycles. The molecule has 5 heterocycles. The number of amides is 1. The maximum absolute atomic E-state index is 12.1. The van der Waals surface area contributed by atoms with E-state index < -0.39 is 5.91 Å². The number of likely N-dealkylation sites (tertiary alicyclic amines) is 1. The van der Waals surface area contributed by atoms with E-state index in [9.17, 15) is 4.79 Å². The van der Waals surface area contributed by atoms with Gasteiger partial charge in [0.05, 0.1) is 17.4 Å². The molecule has 1 atom stereocenters. The highest BCUT2D eigenvalue weighted by Gasteiger charge is 2.29. The number of aromatic amines is 1. The number of quaternary nitrogens is 1. The minimum Gasteiger partial charge on any atom is -0.455 e. The number of aliphatic hydroxyl groups is 1. The first-order valence-corrected chi connectivity index (χ1v) is 21.5. The number of primary amides is 1. The third-order valence-corrected chi connectivity index (χ3v) is 12.4. The molecule has 56 heavy (non-hydrogen) atoms. The maximum atomic E-state index is 12.1. The van der Waals surface area contributed by atoms with Crippen molar-refractivity contribution in [2.24, 2.45) is 11.7 Å². The van der Waals surface area contributed by atoms with Crippen molar-refractivity contribution in [3.8, 4) is 11.5 Å². The number of nitrogens with two attached hydrogens (primary N) is 1. The highest BCUT2D eigenvalue weighted by atomic mass is 35.5. The lowest BCUT2D eigenvalue weighted by Gasteiger charge is -2.41. The van der Waals surface area contributed by atoms with E-state index in [0.29, 0.717) is 35.1 Å². The molecule has 3 fully saturated rings. The first-order chi connectivity index (χ1) is 27.3. The van der Waals surface area contributed by atoms with E-state index in [0.717, 1.165) is 84.1 Å². The zero-order valence-electron chi connectivity index (χ0n) is 32.1. The number of thiol groups is 1. The Morgan fingerprint density at radius 3 is 2.50 bits per heavy atom. The number of carbonyl (C=O) groups is 1. The molecular formula is C43H55ClN7O3S2+. The Kier molecular flexibility index (Phi) is 15.3. The molecule has 0 aliphatic carbocycles. The molecule has 1 unspecified atom stereocenters. The molecular weight excluding hydrogens is 762 g/mol. The standard InChI is InChI=1S/C31H34ClN5O2.C11H16N2S2.CH4O/c32-24-6-4-22(5-7-24)28-3-1-2-14-37(28)20-21-11-15-36(16-12-21)25-8-9-27(30(33)38)29(18-25)39-26-17-23-10-13-34-31(23)35-19-26;12-10-7-9(14)1-2-11(10)13-8-3-5-15-6-4-8;1-2/h4-10,13,17-19,21,28H,1-3,11-12,14-16,20H2,(H2,33,38)(H,34,35);1-2,7-8,13-14H,3-6,12H2;2H,1H3/p+1. The van der Waals surface area contributed by atoms with Crippen molar-refractivity contribution in [2.75, 3.05) is 55.0 Å². The minimum atomic E-state index is -0.511. The van der Waals surface area contributed by atoms with Gasteiger partial charge in [-0.2, -0.15) is 11.8 Å². The van der Waals surface area contributed by atoms with Crippen LogP contribution >= 0.6 is 36.0 Å². The van der Waals surface area contributed by atoms with E-state index in [1.54, 1.807) is 12.3 Å². The first kappa shape index (κ1) is 41.7. The van der Waals surface area contributed by atoms with Gasteiger partial charge in [-0.05, 0) is 117 Å². The molecule has 0 bridgehead atoms. The molecule has 3 aliphatic heterocycles. The molecule has 3 aliphatic rings. The number of hydrogen-bond donors (Lipinski definition) is 6. The van der Waals surface area contributed by atoms with Gasteiger partial charge >= 0.3 is 0 Å². The van der Waals surface area contributed by atoms with E-state index in [4.69, 9.17) is 27.2 Å². The summed E-state index contributed by atoms with van der Waals surface area (Å²) in [5, 5.41) is 12.3. The number of ether oxygens (including phenoxy) is 1. The molecule has 298 valence electrons. The monoisotopic (exact) mass is 816 g/mol. The van der Waals surface area contributed by atoms with Gasteiger partial charge in [0.15, 0.2) is 5.69 Å². The van der Waals surface area contributed by atoms with E-state index >= 15 is 0 Å². The lowest BCUT2D eigenvalue weighted by Crippen LogP contribution is -2.41. The Labute approximate surface area is 345 Å². The van der Waals surface area contributed by atoms with Crippen molar-refractivity contribution < 1.29 is 20.4 Å². The number of fused-ring (bicyclic) bond motifs is 1. The van der Waals surface area contributed by atoms with Crippen molar-refractivity contribution in [1.29, 1.82) is 0 Å². The number of benzene rings is 3. The number of halogens is 1. The van der Waals surface area contributed by atoms with Gasteiger partial charge in [0.1, 0.15) is 17.1 Å². The number of hydrogen-bond acceptors (Lipinski definition) is 9. The van der Waals surface area contributed by atoms with Crippen molar-refractivity contribution >= 4 is 70.0 Å². The van der Waals surface area contributed by atoms with E-state index in [-0.39, 0.29) is 0 Å². The van der Waals surface area contributed by atoms with Crippen molar-refractivity contribution in [2.45, 2.75) is 61.9 Å². The van der Waals surface area contributed by atoms with Crippen LogP contribution in [-0.2, 0) is 0 Å². The van der Waals surface area contributed by atoms with Gasteiger partial charge in [-0.25, -0.2) is 4.98 Å². The third-order valence-electron chi connectivity index (χ3n) is 10.8. The Hall–Kier alpha value is -3.91. The summed E-state index contributed by atoms with van der Waals surface area (Å²) in [6, 6.07) is 25.1. The number of nitrogens with one attached hydrogen (secondary N) is 2. The Morgan fingerprint density at radius 2 is 1.77 bits per heavy atom. The Morgan fingerprint density at radius 1 is 1.00 bits per heavy atom. The lowest BCUT2D eigenvalue weighted by molar-refractivity contribution is -0.253. The average Bonchev–Trinajstić information content (AvgIpc) is 3.69. The van der Waals surface area contributed by atoms with E-state index in [1.807, 2.05) is 66.5 Å². The van der Waals surface area contributed by atoms with Crippen molar-refractivity contribution in [1.82, 2.24) is 14.9 Å². The molecule has 0 radical (unpaired) electrons. The highest BCUT2D eigenvalue weighted by molar-refractivity contribution is 7.99. The summed E-state index contributed by atoms with van der Waals surface area (Å²) in [4.78, 5) is 25.7. The van der Waals surface area contributed by atoms with Gasteiger partial charge in [0.25, 0.3) is 5.91 Å². The lowest BCUT2D eigenvalue weighted by atomic mass is 9.91. The normalized spacial score (nSPS) is 18.0. The Bertz CT molecular complexity index is 2020. The van der Waals surface area contributed by atoms with E-state index in [1.165, 1.54) is 49.2 Å². The number of nitrogens with zero attached hydrogens (tertiary/aromatic N) is 3. The molecule has 13 heteroatoms. The smallest absolute Gasteiger partial charge is 0.252 e. The first-order valence-electron chi connectivity index (χ1n) is 19.5. The number of aromatic nitrogens is 2. The van der Waals surface area contributed by atoms with Crippen molar-refractivity contribution in [3.63, 3.8) is 0 Å². The summed E-state index contributed by atoms with van der Waals surface area (Å²) < 4.78 is 6.14. The molecule has 5 aromatic rings. The van der Waals surface area contributed by atoms with Crippen LogP contribution in [0.4, 0.5) is 17.1 Å². The molecule has 2 aromatic heterocycles. The summed E-state index contributed by atoms with van der Waals surface area (Å²) in [7, 11) is 1.00. The summed E-state index contributed by atoms with van der Waals surface area (Å²) >= 11 is 12.5. The van der Waals surface area contributed by atoms with Gasteiger partial charge in [0, 0.05) is 78.1 Å². The maximum Gasteiger partial charge on any atom is 0.252 e. The number of rotatable bonds is 9. The molecule has 0 spiro atoms. The number of thioether (sulfide) groups is 1. The van der Waals surface area contributed by atoms with Crippen LogP contribution in [0.5, 0.6) is 11.5 Å². The Balaban J connectivity index is 0.000000261. The van der Waals surface area contributed by atoms with Gasteiger partial charge in [-0.15, -0.1) is 12.6 Å². The van der Waals surface area contributed by atoms with Crippen LogP contribution in [0.15, 0.2) is 90.1 Å². The summed E-state index contributed by atoms with van der Waals surface area (Å²) in [6.07, 6.45) is 12.0. The highest BCUT2D eigenvalue weighted by Crippen LogP contribution is 2.36. The largest absolute Gasteiger partial charge is 0.455 e. The van der Waals surface area contributed by atoms with Gasteiger partial charge < -0.3 is 36.5 Å². The molecule has 8 rings (SSSR count). The quantitative estimate of drug-likeness (QED) is 0.0815. The van der Waals surface area contributed by atoms with Crippen LogP contribution < -0.4 is 26.4 Å². The van der Waals surface area contributed by atoms with Crippen molar-refractivity contribution in [3.05, 3.63) is 101 Å². The molecule has 1 amide bonds. The average molecular weight is 818 g/mol. The zero-order chi connectivity index (χ0) is 39.4.